The highest BCUT2D eigenvalue weighted by Crippen LogP contribution is 2.26. The number of amides is 1. The van der Waals surface area contributed by atoms with Gasteiger partial charge in [-0.05, 0) is 31.5 Å². The van der Waals surface area contributed by atoms with Crippen molar-refractivity contribution in [3.8, 4) is 0 Å². The van der Waals surface area contributed by atoms with Gasteiger partial charge < -0.3 is 4.74 Å². The Morgan fingerprint density at radius 1 is 1.56 bits per heavy atom. The summed E-state index contributed by atoms with van der Waals surface area (Å²) in [5.74, 6) is 0. The van der Waals surface area contributed by atoms with Gasteiger partial charge in [0.15, 0.2) is 5.13 Å². The molecule has 0 aliphatic rings. The lowest BCUT2D eigenvalue weighted by Gasteiger charge is -1.99. The number of benzene rings is 1. The SMILES string of the molecule is CCOC(=O)Nc1nc2ccc(C)cc2s1. The Labute approximate surface area is 97.3 Å². The van der Waals surface area contributed by atoms with Crippen molar-refractivity contribution in [1.29, 1.82) is 0 Å². The van der Waals surface area contributed by atoms with Gasteiger partial charge in [0.2, 0.25) is 0 Å². The molecule has 4 nitrogen and oxygen atoms in total. The predicted octanol–water partition coefficient (Wildman–Crippen LogP) is 3.17. The number of hydrogen-bond donors (Lipinski definition) is 1. The van der Waals surface area contributed by atoms with Gasteiger partial charge in [0.25, 0.3) is 0 Å². The second-order valence-corrected chi connectivity index (χ2v) is 4.37. The molecule has 1 heterocycles. The zero-order valence-corrected chi connectivity index (χ0v) is 9.93. The molecule has 0 radical (unpaired) electrons. The molecule has 16 heavy (non-hydrogen) atoms. The highest BCUT2D eigenvalue weighted by Gasteiger charge is 2.07. The van der Waals surface area contributed by atoms with Gasteiger partial charge >= 0.3 is 6.09 Å². The molecule has 0 spiro atoms. The van der Waals surface area contributed by atoms with E-state index in [1.165, 1.54) is 16.9 Å². The quantitative estimate of drug-likeness (QED) is 0.871. The molecule has 5 heteroatoms. The summed E-state index contributed by atoms with van der Waals surface area (Å²) in [6.45, 7) is 4.15. The topological polar surface area (TPSA) is 51.2 Å². The van der Waals surface area contributed by atoms with Crippen LogP contribution in [0.15, 0.2) is 18.2 Å². The van der Waals surface area contributed by atoms with E-state index >= 15 is 0 Å². The number of aryl methyl sites for hydroxylation is 1. The van der Waals surface area contributed by atoms with E-state index in [0.717, 1.165) is 10.2 Å². The summed E-state index contributed by atoms with van der Waals surface area (Å²) in [5.41, 5.74) is 2.07. The number of aromatic nitrogens is 1. The first-order valence-electron chi connectivity index (χ1n) is 5.00. The third kappa shape index (κ3) is 2.30. The molecule has 0 saturated carbocycles. The fraction of sp³-hybridized carbons (Fsp3) is 0.273. The van der Waals surface area contributed by atoms with Crippen molar-refractivity contribution in [2.45, 2.75) is 13.8 Å². The van der Waals surface area contributed by atoms with Crippen LogP contribution in [0.1, 0.15) is 12.5 Å². The average Bonchev–Trinajstić information content (AvgIpc) is 2.59. The third-order valence-corrected chi connectivity index (χ3v) is 2.96. The van der Waals surface area contributed by atoms with Gasteiger partial charge in [0.1, 0.15) is 0 Å². The molecule has 1 amide bonds. The smallest absolute Gasteiger partial charge is 0.413 e. The molecule has 84 valence electrons. The van der Waals surface area contributed by atoms with Crippen molar-refractivity contribution in [3.05, 3.63) is 23.8 Å². The van der Waals surface area contributed by atoms with Crippen LogP contribution < -0.4 is 5.32 Å². The van der Waals surface area contributed by atoms with E-state index in [0.29, 0.717) is 11.7 Å². The number of carbonyl (C=O) groups excluding carboxylic acids is 1. The Morgan fingerprint density at radius 3 is 3.12 bits per heavy atom. The molecule has 0 unspecified atom stereocenters. The Bertz CT molecular complexity index is 522. The van der Waals surface area contributed by atoms with E-state index in [9.17, 15) is 4.79 Å². The summed E-state index contributed by atoms with van der Waals surface area (Å²) in [4.78, 5) is 15.5. The zero-order valence-electron chi connectivity index (χ0n) is 9.11. The lowest BCUT2D eigenvalue weighted by molar-refractivity contribution is 0.168. The van der Waals surface area contributed by atoms with Crippen LogP contribution in [-0.2, 0) is 4.74 Å². The van der Waals surface area contributed by atoms with Crippen LogP contribution in [0, 0.1) is 6.92 Å². The Kier molecular flexibility index (Phi) is 3.05. The summed E-state index contributed by atoms with van der Waals surface area (Å²) in [5, 5.41) is 3.17. The number of nitrogens with one attached hydrogen (secondary N) is 1. The first-order valence-corrected chi connectivity index (χ1v) is 5.81. The van der Waals surface area contributed by atoms with Crippen LogP contribution in [0.25, 0.3) is 10.2 Å². The van der Waals surface area contributed by atoms with Crippen LogP contribution >= 0.6 is 11.3 Å². The minimum atomic E-state index is -0.460. The second-order valence-electron chi connectivity index (χ2n) is 3.34. The van der Waals surface area contributed by atoms with E-state index in [4.69, 9.17) is 4.74 Å². The van der Waals surface area contributed by atoms with Crippen LogP contribution in [-0.4, -0.2) is 17.7 Å². The van der Waals surface area contributed by atoms with Crippen LogP contribution in [0.4, 0.5) is 9.93 Å². The Hall–Kier alpha value is -1.62. The van der Waals surface area contributed by atoms with Crippen molar-refractivity contribution >= 4 is 32.8 Å². The monoisotopic (exact) mass is 236 g/mol. The van der Waals surface area contributed by atoms with Crippen molar-refractivity contribution in [3.63, 3.8) is 0 Å². The molecule has 1 aromatic heterocycles. The van der Waals surface area contributed by atoms with Crippen LogP contribution in [0.3, 0.4) is 0 Å². The maximum absolute atomic E-state index is 11.2. The number of nitrogens with zero attached hydrogens (tertiary/aromatic N) is 1. The van der Waals surface area contributed by atoms with Gasteiger partial charge in [-0.3, -0.25) is 5.32 Å². The van der Waals surface area contributed by atoms with Crippen molar-refractivity contribution in [2.24, 2.45) is 0 Å². The zero-order chi connectivity index (χ0) is 11.5. The maximum atomic E-state index is 11.2. The lowest BCUT2D eigenvalue weighted by Crippen LogP contribution is -2.12. The van der Waals surface area contributed by atoms with Gasteiger partial charge in [-0.15, -0.1) is 0 Å². The summed E-state index contributed by atoms with van der Waals surface area (Å²) >= 11 is 1.44. The fourth-order valence-corrected chi connectivity index (χ4v) is 2.29. The van der Waals surface area contributed by atoms with Crippen molar-refractivity contribution in [1.82, 2.24) is 4.98 Å². The number of anilines is 1. The van der Waals surface area contributed by atoms with E-state index in [1.54, 1.807) is 6.92 Å². The van der Waals surface area contributed by atoms with E-state index < -0.39 is 6.09 Å². The molecule has 0 bridgehead atoms. The van der Waals surface area contributed by atoms with Gasteiger partial charge in [-0.2, -0.15) is 0 Å². The molecule has 1 N–H and O–H groups in total. The van der Waals surface area contributed by atoms with Gasteiger partial charge in [0, 0.05) is 0 Å². The minimum absolute atomic E-state index is 0.357. The third-order valence-electron chi connectivity index (χ3n) is 2.03. The van der Waals surface area contributed by atoms with Crippen molar-refractivity contribution < 1.29 is 9.53 Å². The molecule has 1 aromatic carbocycles. The van der Waals surface area contributed by atoms with E-state index in [2.05, 4.69) is 10.3 Å². The molecular weight excluding hydrogens is 224 g/mol. The number of carbonyl (C=O) groups is 1. The minimum Gasteiger partial charge on any atom is -0.450 e. The highest BCUT2D eigenvalue weighted by molar-refractivity contribution is 7.22. The number of hydrogen-bond acceptors (Lipinski definition) is 4. The van der Waals surface area contributed by atoms with Gasteiger partial charge in [-0.1, -0.05) is 17.4 Å². The molecule has 0 atom stereocenters. The summed E-state index contributed by atoms with van der Waals surface area (Å²) in [6, 6.07) is 5.98. The van der Waals surface area contributed by atoms with Gasteiger partial charge in [0.05, 0.1) is 16.8 Å². The van der Waals surface area contributed by atoms with E-state index in [-0.39, 0.29) is 0 Å². The molecule has 2 rings (SSSR count). The second kappa shape index (κ2) is 4.49. The first-order chi connectivity index (χ1) is 7.69. The van der Waals surface area contributed by atoms with Gasteiger partial charge in [-0.25, -0.2) is 9.78 Å². The number of thiazole rings is 1. The molecule has 0 fully saturated rings. The molecule has 2 aromatic rings. The Morgan fingerprint density at radius 2 is 2.38 bits per heavy atom. The summed E-state index contributed by atoms with van der Waals surface area (Å²) < 4.78 is 5.84. The van der Waals surface area contributed by atoms with Crippen LogP contribution in [0.5, 0.6) is 0 Å². The predicted molar refractivity (Wildman–Crippen MR) is 65.0 cm³/mol. The molecule has 0 aliphatic heterocycles. The maximum Gasteiger partial charge on any atom is 0.413 e. The first kappa shape index (κ1) is 10.9. The van der Waals surface area contributed by atoms with Crippen molar-refractivity contribution in [2.75, 3.05) is 11.9 Å². The van der Waals surface area contributed by atoms with E-state index in [1.807, 2.05) is 25.1 Å². The summed E-state index contributed by atoms with van der Waals surface area (Å²) in [7, 11) is 0. The Balaban J connectivity index is 2.23. The molecule has 0 aliphatic carbocycles. The molecule has 0 saturated heterocycles. The lowest BCUT2D eigenvalue weighted by atomic mass is 10.2. The molecular formula is C11H12N2O2S. The largest absolute Gasteiger partial charge is 0.450 e. The average molecular weight is 236 g/mol. The standard InChI is InChI=1S/C11H12N2O2S/c1-3-15-11(14)13-10-12-8-5-4-7(2)6-9(8)16-10/h4-6H,3H2,1-2H3,(H,12,13,14). The number of ether oxygens (including phenoxy) is 1. The summed E-state index contributed by atoms with van der Waals surface area (Å²) in [6.07, 6.45) is -0.460. The normalized spacial score (nSPS) is 10.4. The number of rotatable bonds is 2. The fourth-order valence-electron chi connectivity index (χ4n) is 1.34. The highest BCUT2D eigenvalue weighted by atomic mass is 32.1. The number of fused-ring (bicyclic) bond motifs is 1. The van der Waals surface area contributed by atoms with Crippen LogP contribution in [0.2, 0.25) is 0 Å².